The Kier molecular flexibility index (Phi) is 3.73. The molecule has 1 atom stereocenters. The van der Waals surface area contributed by atoms with Crippen LogP contribution >= 0.6 is 23.2 Å². The molecule has 1 aliphatic heterocycles. The van der Waals surface area contributed by atoms with Crippen LogP contribution in [0.25, 0.3) is 0 Å². The van der Waals surface area contributed by atoms with E-state index >= 15 is 0 Å². The Morgan fingerprint density at radius 1 is 1.40 bits per heavy atom. The van der Waals surface area contributed by atoms with Crippen LogP contribution in [0.3, 0.4) is 0 Å². The Bertz CT molecular complexity index is 335. The summed E-state index contributed by atoms with van der Waals surface area (Å²) in [6.07, 6.45) is 1.23. The van der Waals surface area contributed by atoms with E-state index in [4.69, 9.17) is 23.2 Å². The maximum atomic E-state index is 6.07. The molecule has 0 aliphatic carbocycles. The van der Waals surface area contributed by atoms with Gasteiger partial charge in [0.25, 0.3) is 0 Å². The van der Waals surface area contributed by atoms with Crippen molar-refractivity contribution in [3.63, 3.8) is 0 Å². The van der Waals surface area contributed by atoms with Crippen LogP contribution in [-0.2, 0) is 0 Å². The van der Waals surface area contributed by atoms with Crippen molar-refractivity contribution in [2.45, 2.75) is 6.42 Å². The zero-order valence-corrected chi connectivity index (χ0v) is 9.91. The van der Waals surface area contributed by atoms with Crippen molar-refractivity contribution < 1.29 is 0 Å². The molecule has 1 aromatic rings. The van der Waals surface area contributed by atoms with Gasteiger partial charge in [-0.3, -0.25) is 0 Å². The summed E-state index contributed by atoms with van der Waals surface area (Å²) in [6, 6.07) is 5.66. The van der Waals surface area contributed by atoms with Crippen molar-refractivity contribution in [1.82, 2.24) is 5.32 Å². The van der Waals surface area contributed by atoms with Gasteiger partial charge in [-0.1, -0.05) is 29.3 Å². The molecule has 2 rings (SSSR count). The molecule has 0 amide bonds. The first-order chi connectivity index (χ1) is 7.27. The van der Waals surface area contributed by atoms with Gasteiger partial charge in [-0.15, -0.1) is 0 Å². The maximum Gasteiger partial charge on any atom is 0.0823 e. The zero-order valence-electron chi connectivity index (χ0n) is 8.39. The summed E-state index contributed by atoms with van der Waals surface area (Å²) in [5.74, 6) is 0.694. The minimum Gasteiger partial charge on any atom is -0.383 e. The van der Waals surface area contributed by atoms with Gasteiger partial charge in [0.05, 0.1) is 15.7 Å². The van der Waals surface area contributed by atoms with Gasteiger partial charge in [-0.25, -0.2) is 0 Å². The van der Waals surface area contributed by atoms with E-state index in [0.717, 1.165) is 25.3 Å². The average Bonchev–Trinajstić information content (AvgIpc) is 2.73. The van der Waals surface area contributed by atoms with Crippen molar-refractivity contribution in [3.05, 3.63) is 28.2 Å². The first-order valence-corrected chi connectivity index (χ1v) is 5.91. The lowest BCUT2D eigenvalue weighted by atomic mass is 10.1. The van der Waals surface area contributed by atoms with Gasteiger partial charge in [-0.05, 0) is 37.6 Å². The highest BCUT2D eigenvalue weighted by Gasteiger charge is 2.14. The molecule has 2 N–H and O–H groups in total. The highest BCUT2D eigenvalue weighted by Crippen LogP contribution is 2.29. The van der Waals surface area contributed by atoms with Crippen LogP contribution in [-0.4, -0.2) is 19.6 Å². The van der Waals surface area contributed by atoms with E-state index in [2.05, 4.69) is 10.6 Å². The molecule has 2 nitrogen and oxygen atoms in total. The number of hydrogen-bond acceptors (Lipinski definition) is 2. The predicted molar refractivity (Wildman–Crippen MR) is 65.9 cm³/mol. The molecule has 1 fully saturated rings. The molecular formula is C11H14Cl2N2. The van der Waals surface area contributed by atoms with Crippen LogP contribution in [0, 0.1) is 5.92 Å². The summed E-state index contributed by atoms with van der Waals surface area (Å²) in [5.41, 5.74) is 0.927. The number of halogens is 2. The van der Waals surface area contributed by atoms with Crippen LogP contribution < -0.4 is 10.6 Å². The van der Waals surface area contributed by atoms with Crippen molar-refractivity contribution in [2.75, 3.05) is 25.0 Å². The van der Waals surface area contributed by atoms with Crippen LogP contribution in [0.15, 0.2) is 18.2 Å². The van der Waals surface area contributed by atoms with Gasteiger partial charge in [0.2, 0.25) is 0 Å². The van der Waals surface area contributed by atoms with E-state index < -0.39 is 0 Å². The van der Waals surface area contributed by atoms with Crippen LogP contribution in [0.2, 0.25) is 10.0 Å². The average molecular weight is 245 g/mol. The summed E-state index contributed by atoms with van der Waals surface area (Å²) in [6.45, 7) is 3.16. The summed E-state index contributed by atoms with van der Waals surface area (Å²) >= 11 is 12.0. The van der Waals surface area contributed by atoms with Crippen LogP contribution in [0.4, 0.5) is 5.69 Å². The Hall–Kier alpha value is -0.440. The lowest BCUT2D eigenvalue weighted by molar-refractivity contribution is 0.615. The minimum absolute atomic E-state index is 0.603. The first kappa shape index (κ1) is 11.1. The molecule has 1 aliphatic rings. The molecule has 0 bridgehead atoms. The zero-order chi connectivity index (χ0) is 10.7. The largest absolute Gasteiger partial charge is 0.383 e. The fourth-order valence-electron chi connectivity index (χ4n) is 1.78. The molecule has 0 spiro atoms. The lowest BCUT2D eigenvalue weighted by Crippen LogP contribution is -2.17. The number of hydrogen-bond donors (Lipinski definition) is 2. The predicted octanol–water partition coefficient (Wildman–Crippen LogP) is 3.01. The van der Waals surface area contributed by atoms with Crippen molar-refractivity contribution in [2.24, 2.45) is 5.92 Å². The monoisotopic (exact) mass is 244 g/mol. The molecule has 1 aromatic carbocycles. The second kappa shape index (κ2) is 5.06. The van der Waals surface area contributed by atoms with Gasteiger partial charge in [0.15, 0.2) is 0 Å². The molecule has 4 heteroatoms. The molecular weight excluding hydrogens is 231 g/mol. The van der Waals surface area contributed by atoms with E-state index in [-0.39, 0.29) is 0 Å². The van der Waals surface area contributed by atoms with Crippen molar-refractivity contribution in [1.29, 1.82) is 0 Å². The highest BCUT2D eigenvalue weighted by molar-refractivity contribution is 6.43. The van der Waals surface area contributed by atoms with Gasteiger partial charge >= 0.3 is 0 Å². The van der Waals surface area contributed by atoms with E-state index in [1.54, 1.807) is 6.07 Å². The molecule has 0 radical (unpaired) electrons. The molecule has 15 heavy (non-hydrogen) atoms. The minimum atomic E-state index is 0.603. The van der Waals surface area contributed by atoms with Gasteiger partial charge in [0.1, 0.15) is 0 Å². The lowest BCUT2D eigenvalue weighted by Gasteiger charge is -2.12. The molecule has 0 aromatic heterocycles. The second-order valence-electron chi connectivity index (χ2n) is 3.84. The van der Waals surface area contributed by atoms with E-state index in [9.17, 15) is 0 Å². The van der Waals surface area contributed by atoms with Crippen LogP contribution in [0.1, 0.15) is 6.42 Å². The van der Waals surface area contributed by atoms with E-state index in [1.807, 2.05) is 12.1 Å². The Morgan fingerprint density at radius 2 is 2.27 bits per heavy atom. The fraction of sp³-hybridized carbons (Fsp3) is 0.455. The van der Waals surface area contributed by atoms with Gasteiger partial charge in [-0.2, -0.15) is 0 Å². The molecule has 82 valence electrons. The van der Waals surface area contributed by atoms with Crippen molar-refractivity contribution in [3.8, 4) is 0 Å². The standard InChI is InChI=1S/C11H14Cl2N2/c12-9-2-1-3-10(11(9)13)15-7-8-4-5-14-6-8/h1-3,8,14-15H,4-7H2. The molecule has 0 saturated carbocycles. The van der Waals surface area contributed by atoms with E-state index in [1.165, 1.54) is 6.42 Å². The molecule has 1 heterocycles. The number of nitrogens with one attached hydrogen (secondary N) is 2. The third kappa shape index (κ3) is 2.77. The Labute approximate surface area is 100.0 Å². The Morgan fingerprint density at radius 3 is 3.00 bits per heavy atom. The number of anilines is 1. The second-order valence-corrected chi connectivity index (χ2v) is 4.63. The quantitative estimate of drug-likeness (QED) is 0.855. The topological polar surface area (TPSA) is 24.1 Å². The van der Waals surface area contributed by atoms with Gasteiger partial charge < -0.3 is 10.6 Å². The number of rotatable bonds is 3. The maximum absolute atomic E-state index is 6.07. The summed E-state index contributed by atoms with van der Waals surface area (Å²) < 4.78 is 0. The Balaban J connectivity index is 1.95. The van der Waals surface area contributed by atoms with E-state index in [0.29, 0.717) is 16.0 Å². The molecule has 1 unspecified atom stereocenters. The van der Waals surface area contributed by atoms with Crippen LogP contribution in [0.5, 0.6) is 0 Å². The van der Waals surface area contributed by atoms with Gasteiger partial charge in [0, 0.05) is 6.54 Å². The normalized spacial score (nSPS) is 20.5. The van der Waals surface area contributed by atoms with Crippen molar-refractivity contribution >= 4 is 28.9 Å². The smallest absolute Gasteiger partial charge is 0.0823 e. The highest BCUT2D eigenvalue weighted by atomic mass is 35.5. The summed E-state index contributed by atoms with van der Waals surface area (Å²) in [4.78, 5) is 0. The third-order valence-electron chi connectivity index (χ3n) is 2.70. The molecule has 1 saturated heterocycles. The SMILES string of the molecule is Clc1cccc(NCC2CCNC2)c1Cl. The number of benzene rings is 1. The first-order valence-electron chi connectivity index (χ1n) is 5.16. The summed E-state index contributed by atoms with van der Waals surface area (Å²) in [5, 5.41) is 7.89. The third-order valence-corrected chi connectivity index (χ3v) is 3.51. The fourth-order valence-corrected chi connectivity index (χ4v) is 2.15. The summed E-state index contributed by atoms with van der Waals surface area (Å²) in [7, 11) is 0.